The lowest BCUT2D eigenvalue weighted by Crippen LogP contribution is -2.50. The topological polar surface area (TPSA) is 71.8 Å². The molecule has 1 saturated heterocycles. The van der Waals surface area contributed by atoms with Gasteiger partial charge < -0.3 is 9.84 Å². The molecule has 6 heteroatoms. The van der Waals surface area contributed by atoms with Crippen LogP contribution < -0.4 is 10.4 Å². The maximum Gasteiger partial charge on any atom is 0.193 e. The van der Waals surface area contributed by atoms with Gasteiger partial charge in [-0.2, -0.15) is 0 Å². The zero-order valence-corrected chi connectivity index (χ0v) is 19.6. The zero-order valence-electron chi connectivity index (χ0n) is 19.6. The molecule has 0 unspecified atom stereocenters. The quantitative estimate of drug-likeness (QED) is 0.591. The van der Waals surface area contributed by atoms with E-state index in [1.807, 2.05) is 10.7 Å². The number of carbonyl (C=O) groups is 1. The Bertz CT molecular complexity index is 1220. The van der Waals surface area contributed by atoms with Crippen molar-refractivity contribution < 1.29 is 14.6 Å². The van der Waals surface area contributed by atoms with Crippen LogP contribution in [0.3, 0.4) is 0 Å². The van der Waals surface area contributed by atoms with E-state index in [2.05, 4.69) is 36.8 Å². The van der Waals surface area contributed by atoms with Gasteiger partial charge in [0.1, 0.15) is 5.60 Å². The number of fused-ring (bicyclic) bond motifs is 6. The van der Waals surface area contributed by atoms with Crippen LogP contribution in [0.5, 0.6) is 0 Å². The summed E-state index contributed by atoms with van der Waals surface area (Å²) in [4.78, 5) is 24.9. The van der Waals surface area contributed by atoms with Crippen molar-refractivity contribution in [2.45, 2.75) is 71.2 Å². The van der Waals surface area contributed by atoms with Gasteiger partial charge in [-0.3, -0.25) is 19.3 Å². The first kappa shape index (κ1) is 22.3. The fourth-order valence-electron chi connectivity index (χ4n) is 4.82. The van der Waals surface area contributed by atoms with Crippen LogP contribution in [-0.4, -0.2) is 33.8 Å². The van der Waals surface area contributed by atoms with Crippen LogP contribution in [0, 0.1) is 11.8 Å². The highest BCUT2D eigenvalue weighted by Gasteiger charge is 2.45. The van der Waals surface area contributed by atoms with Gasteiger partial charge in [-0.25, -0.2) is 0 Å². The van der Waals surface area contributed by atoms with Gasteiger partial charge >= 0.3 is 0 Å². The third kappa shape index (κ3) is 3.76. The molecule has 0 radical (unpaired) electrons. The smallest absolute Gasteiger partial charge is 0.193 e. The summed E-state index contributed by atoms with van der Waals surface area (Å²) in [6, 6.07) is 5.77. The Balaban J connectivity index is 2.02. The summed E-state index contributed by atoms with van der Waals surface area (Å²) in [5.74, 6) is 5.81. The number of aliphatic hydroxyl groups is 1. The van der Waals surface area contributed by atoms with Crippen LogP contribution in [0.1, 0.15) is 80.6 Å². The molecule has 2 aliphatic rings. The Morgan fingerprint density at radius 2 is 2.03 bits per heavy atom. The van der Waals surface area contributed by atoms with E-state index in [0.29, 0.717) is 6.61 Å². The van der Waals surface area contributed by atoms with Crippen LogP contribution in [-0.2, 0) is 11.3 Å². The number of pyridine rings is 1. The minimum atomic E-state index is -1.11. The number of benzene rings is 1. The number of ketones is 1. The van der Waals surface area contributed by atoms with Crippen molar-refractivity contribution in [2.75, 3.05) is 12.1 Å². The molecular formula is C26H30N2O4. The molecule has 2 aliphatic heterocycles. The van der Waals surface area contributed by atoms with Crippen molar-refractivity contribution in [3.05, 3.63) is 56.9 Å². The summed E-state index contributed by atoms with van der Waals surface area (Å²) in [6.45, 7) is 9.47. The molecule has 1 N–H and O–H groups in total. The molecule has 168 valence electrons. The molecule has 1 fully saturated rings. The summed E-state index contributed by atoms with van der Waals surface area (Å²) in [5, 5.41) is 12.4. The van der Waals surface area contributed by atoms with Gasteiger partial charge in [-0.1, -0.05) is 11.8 Å². The van der Waals surface area contributed by atoms with E-state index in [4.69, 9.17) is 4.74 Å². The summed E-state index contributed by atoms with van der Waals surface area (Å²) in [5.41, 5.74) is 3.20. The summed E-state index contributed by atoms with van der Waals surface area (Å²) in [6.07, 6.45) is 3.62. The monoisotopic (exact) mass is 434 g/mol. The molecule has 0 bridgehead atoms. The molecule has 0 saturated carbocycles. The summed E-state index contributed by atoms with van der Waals surface area (Å²) >= 11 is 0. The molecule has 3 heterocycles. The number of rotatable bonds is 3. The summed E-state index contributed by atoms with van der Waals surface area (Å²) in [7, 11) is 1.63. The molecule has 0 aliphatic carbocycles. The van der Waals surface area contributed by atoms with E-state index in [0.717, 1.165) is 40.8 Å². The Morgan fingerprint density at radius 3 is 2.66 bits per heavy atom. The number of Topliss-reactive ketones (excluding diaryl/α,β-unsaturated/α-hetero) is 1. The zero-order chi connectivity index (χ0) is 23.4. The van der Waals surface area contributed by atoms with Gasteiger partial charge in [-0.15, -0.1) is 0 Å². The Hall–Kier alpha value is -2.88. The highest BCUT2D eigenvalue weighted by atomic mass is 16.5. The first-order chi connectivity index (χ1) is 14.9. The second-order valence-electron chi connectivity index (χ2n) is 9.89. The molecule has 6 nitrogen and oxygen atoms in total. The Kier molecular flexibility index (Phi) is 5.31. The predicted octanol–water partition coefficient (Wildman–Crippen LogP) is 3.55. The number of hydrogen-bond acceptors (Lipinski definition) is 5. The number of hydrogen-bond donors (Lipinski definition) is 1. The number of methoxy groups -OCH3 is 1. The third-order valence-electron chi connectivity index (χ3n) is 6.30. The van der Waals surface area contributed by atoms with Gasteiger partial charge in [0.2, 0.25) is 0 Å². The highest BCUT2D eigenvalue weighted by Crippen LogP contribution is 2.48. The van der Waals surface area contributed by atoms with Crippen molar-refractivity contribution in [2.24, 2.45) is 0 Å². The number of carbonyl (C=O) groups excluding carboxylic acids is 1. The maximum absolute atomic E-state index is 12.8. The Morgan fingerprint density at radius 1 is 1.31 bits per heavy atom. The minimum Gasteiger partial charge on any atom is -0.380 e. The highest BCUT2D eigenvalue weighted by molar-refractivity contribution is 5.94. The average Bonchev–Trinajstić information content (AvgIpc) is 3.01. The van der Waals surface area contributed by atoms with Crippen LogP contribution in [0.2, 0.25) is 0 Å². The van der Waals surface area contributed by atoms with Gasteiger partial charge in [-0.05, 0) is 70.7 Å². The summed E-state index contributed by atoms with van der Waals surface area (Å²) < 4.78 is 7.42. The third-order valence-corrected chi connectivity index (χ3v) is 6.30. The average molecular weight is 435 g/mol. The molecule has 1 atom stereocenters. The molecule has 4 rings (SSSR count). The fraction of sp³-hybridized carbons (Fsp3) is 0.462. The standard InChI is InChI=1S/C26H30N2O4/c1-16(29)21-14-27-23(13-24(21)30)20-12-18(15-32-6)17(7-10-26(4,5)31)11-19(20)22-8-9-25(2,3)28(22)27/h11-14,22,31H,8-9,15H2,1-6H3/t22-/m1/s1. The predicted molar refractivity (Wildman–Crippen MR) is 124 cm³/mol. The van der Waals surface area contributed by atoms with Gasteiger partial charge in [0, 0.05) is 30.5 Å². The van der Waals surface area contributed by atoms with Crippen molar-refractivity contribution in [3.8, 4) is 23.1 Å². The first-order valence-electron chi connectivity index (χ1n) is 10.9. The van der Waals surface area contributed by atoms with Crippen molar-refractivity contribution in [3.63, 3.8) is 0 Å². The molecule has 0 spiro atoms. The van der Waals surface area contributed by atoms with Crippen molar-refractivity contribution >= 4 is 5.78 Å². The molecule has 32 heavy (non-hydrogen) atoms. The molecule has 1 aromatic carbocycles. The lowest BCUT2D eigenvalue weighted by Gasteiger charge is -2.44. The van der Waals surface area contributed by atoms with Crippen LogP contribution in [0.4, 0.5) is 0 Å². The Labute approximate surface area is 188 Å². The van der Waals surface area contributed by atoms with Crippen molar-refractivity contribution in [1.82, 2.24) is 4.68 Å². The second kappa shape index (κ2) is 7.61. The van der Waals surface area contributed by atoms with E-state index in [-0.39, 0.29) is 28.4 Å². The SMILES string of the molecule is COCc1cc2c(cc1C#CC(C)(C)O)[C@H]1CCC(C)(C)N1n1cc(C(C)=O)c(=O)cc1-2. The fourth-order valence-corrected chi connectivity index (χ4v) is 4.82. The maximum atomic E-state index is 12.8. The normalized spacial score (nSPS) is 18.3. The lowest BCUT2D eigenvalue weighted by atomic mass is 9.89. The molecule has 2 aromatic rings. The van der Waals surface area contributed by atoms with E-state index in [1.165, 1.54) is 6.92 Å². The van der Waals surface area contributed by atoms with E-state index in [9.17, 15) is 14.7 Å². The van der Waals surface area contributed by atoms with E-state index < -0.39 is 5.60 Å². The largest absolute Gasteiger partial charge is 0.380 e. The number of aromatic nitrogens is 1. The van der Waals surface area contributed by atoms with E-state index >= 15 is 0 Å². The second-order valence-corrected chi connectivity index (χ2v) is 9.89. The van der Waals surface area contributed by atoms with Gasteiger partial charge in [0.15, 0.2) is 11.2 Å². The van der Waals surface area contributed by atoms with E-state index in [1.54, 1.807) is 33.2 Å². The van der Waals surface area contributed by atoms with Gasteiger partial charge in [0.25, 0.3) is 0 Å². The molecular weight excluding hydrogens is 404 g/mol. The van der Waals surface area contributed by atoms with Crippen LogP contribution >= 0.6 is 0 Å². The molecule has 0 amide bonds. The number of nitrogens with zero attached hydrogens (tertiary/aromatic N) is 2. The van der Waals surface area contributed by atoms with Gasteiger partial charge in [0.05, 0.1) is 29.4 Å². The van der Waals surface area contributed by atoms with Crippen molar-refractivity contribution in [1.29, 1.82) is 0 Å². The van der Waals surface area contributed by atoms with Crippen LogP contribution in [0.15, 0.2) is 29.2 Å². The number of ether oxygens (including phenoxy) is 1. The molecule has 1 aromatic heterocycles. The first-order valence-corrected chi connectivity index (χ1v) is 10.9. The lowest BCUT2D eigenvalue weighted by molar-refractivity contribution is 0.101. The van der Waals surface area contributed by atoms with Crippen LogP contribution in [0.25, 0.3) is 11.3 Å². The minimum absolute atomic E-state index is 0.0918.